The van der Waals surface area contributed by atoms with Crippen molar-refractivity contribution >= 4 is 51.8 Å². The van der Waals surface area contributed by atoms with Crippen LogP contribution in [0.5, 0.6) is 5.75 Å². The van der Waals surface area contributed by atoms with Gasteiger partial charge in [-0.05, 0) is 79.6 Å². The molecule has 0 bridgehead atoms. The molecule has 0 aliphatic heterocycles. The van der Waals surface area contributed by atoms with Crippen molar-refractivity contribution in [2.45, 2.75) is 26.6 Å². The predicted octanol–water partition coefficient (Wildman–Crippen LogP) is 9.18. The van der Waals surface area contributed by atoms with Gasteiger partial charge in [0.25, 0.3) is 0 Å². The van der Waals surface area contributed by atoms with Crippen LogP contribution < -0.4 is 4.74 Å². The Morgan fingerprint density at radius 1 is 0.946 bits per heavy atom. The van der Waals surface area contributed by atoms with E-state index in [0.29, 0.717) is 56.5 Å². The Balaban J connectivity index is 1.84. The molecule has 1 aromatic heterocycles. The number of nitrogens with zero attached hydrogens (tertiary/aromatic N) is 2. The third-order valence-electron chi connectivity index (χ3n) is 6.00. The number of hydrogen-bond donors (Lipinski definition) is 0. The van der Waals surface area contributed by atoms with Gasteiger partial charge in [-0.25, -0.2) is 4.79 Å². The van der Waals surface area contributed by atoms with Gasteiger partial charge in [0.1, 0.15) is 5.75 Å². The first kappa shape index (κ1) is 27.2. The molecule has 10 heteroatoms. The van der Waals surface area contributed by atoms with Crippen LogP contribution in [0.1, 0.15) is 25.0 Å². The number of benzene rings is 3. The Morgan fingerprint density at radius 3 is 2.24 bits per heavy atom. The Morgan fingerprint density at radius 2 is 1.62 bits per heavy atom. The van der Waals surface area contributed by atoms with Crippen molar-refractivity contribution in [3.63, 3.8) is 0 Å². The molecule has 194 valence electrons. The Bertz CT molecular complexity index is 1440. The quantitative estimate of drug-likeness (QED) is 0.232. The van der Waals surface area contributed by atoms with Gasteiger partial charge in [-0.2, -0.15) is 13.2 Å². The molecule has 0 spiro atoms. The van der Waals surface area contributed by atoms with E-state index in [1.807, 2.05) is 13.8 Å². The average Bonchev–Trinajstić information content (AvgIpc) is 3.22. The molecule has 1 heterocycles. The molecule has 0 atom stereocenters. The van der Waals surface area contributed by atoms with Gasteiger partial charge in [0.15, 0.2) is 0 Å². The SMILES string of the molecule is CCN(CC)C(=O)Oc1ccc2c(ccn2Cc2cc(C(F)(F)F)ccc2Cl)c1-c1cc(Cl)cc(Cl)c1. The van der Waals surface area contributed by atoms with Gasteiger partial charge in [-0.1, -0.05) is 34.8 Å². The van der Waals surface area contributed by atoms with Crippen LogP contribution in [-0.4, -0.2) is 28.6 Å². The van der Waals surface area contributed by atoms with E-state index < -0.39 is 17.8 Å². The molecule has 0 saturated heterocycles. The highest BCUT2D eigenvalue weighted by Gasteiger charge is 2.31. The summed E-state index contributed by atoms with van der Waals surface area (Å²) in [5, 5.41) is 1.72. The fourth-order valence-electron chi connectivity index (χ4n) is 4.17. The Labute approximate surface area is 227 Å². The topological polar surface area (TPSA) is 34.5 Å². The molecular weight excluding hydrogens is 548 g/mol. The average molecular weight is 570 g/mol. The fraction of sp³-hybridized carbons (Fsp3) is 0.222. The highest BCUT2D eigenvalue weighted by atomic mass is 35.5. The van der Waals surface area contributed by atoms with Crippen molar-refractivity contribution in [2.75, 3.05) is 13.1 Å². The van der Waals surface area contributed by atoms with Crippen LogP contribution in [0.2, 0.25) is 15.1 Å². The zero-order valence-electron chi connectivity index (χ0n) is 19.9. The van der Waals surface area contributed by atoms with Crippen LogP contribution >= 0.6 is 34.8 Å². The van der Waals surface area contributed by atoms with Crippen LogP contribution in [-0.2, 0) is 12.7 Å². The van der Waals surface area contributed by atoms with Crippen molar-refractivity contribution in [3.05, 3.63) is 87.0 Å². The summed E-state index contributed by atoms with van der Waals surface area (Å²) < 4.78 is 47.4. The van der Waals surface area contributed by atoms with Crippen molar-refractivity contribution in [1.82, 2.24) is 9.47 Å². The van der Waals surface area contributed by atoms with Gasteiger partial charge in [0.05, 0.1) is 5.56 Å². The lowest BCUT2D eigenvalue weighted by Crippen LogP contribution is -2.33. The Hall–Kier alpha value is -2.87. The second-order valence-electron chi connectivity index (χ2n) is 8.32. The highest BCUT2D eigenvalue weighted by molar-refractivity contribution is 6.35. The van der Waals surface area contributed by atoms with E-state index in [1.165, 1.54) is 6.07 Å². The van der Waals surface area contributed by atoms with Crippen LogP contribution in [0.3, 0.4) is 0 Å². The molecular formula is C27H22Cl3F3N2O2. The number of hydrogen-bond acceptors (Lipinski definition) is 2. The highest BCUT2D eigenvalue weighted by Crippen LogP contribution is 2.40. The third-order valence-corrected chi connectivity index (χ3v) is 6.80. The standard InChI is InChI=1S/C27H22Cl3F3N2O2/c1-3-34(4-2)26(36)37-24-8-7-23-21(25(24)16-12-19(28)14-20(29)13-16)9-10-35(23)15-17-11-18(27(31,32)33)5-6-22(17)30/h5-14H,3-4,15H2,1-2H3. The van der Waals surface area contributed by atoms with Crippen molar-refractivity contribution in [3.8, 4) is 16.9 Å². The maximum atomic E-state index is 13.3. The minimum Gasteiger partial charge on any atom is -0.410 e. The molecule has 4 rings (SSSR count). The van der Waals surface area contributed by atoms with Crippen molar-refractivity contribution in [1.29, 1.82) is 0 Å². The summed E-state index contributed by atoms with van der Waals surface area (Å²) in [6.45, 7) is 4.75. The predicted molar refractivity (Wildman–Crippen MR) is 142 cm³/mol. The van der Waals surface area contributed by atoms with Gasteiger partial charge in [-0.15, -0.1) is 0 Å². The minimum absolute atomic E-state index is 0.0978. The Kier molecular flexibility index (Phi) is 7.97. The molecule has 4 nitrogen and oxygen atoms in total. The largest absolute Gasteiger partial charge is 0.416 e. The first-order valence-electron chi connectivity index (χ1n) is 11.4. The number of fused-ring (bicyclic) bond motifs is 1. The molecule has 1 amide bonds. The molecule has 37 heavy (non-hydrogen) atoms. The minimum atomic E-state index is -4.49. The normalized spacial score (nSPS) is 11.7. The number of carbonyl (C=O) groups is 1. The van der Waals surface area contributed by atoms with Crippen LogP contribution in [0.25, 0.3) is 22.0 Å². The van der Waals surface area contributed by atoms with E-state index in [0.717, 1.165) is 12.1 Å². The molecule has 0 aliphatic carbocycles. The summed E-state index contributed by atoms with van der Waals surface area (Å²) in [7, 11) is 0. The first-order chi connectivity index (χ1) is 17.5. The zero-order valence-corrected chi connectivity index (χ0v) is 22.1. The summed E-state index contributed by atoms with van der Waals surface area (Å²) in [6, 6.07) is 13.5. The van der Waals surface area contributed by atoms with Gasteiger partial charge in [0, 0.05) is 57.4 Å². The number of alkyl halides is 3. The monoisotopic (exact) mass is 568 g/mol. The van der Waals surface area contributed by atoms with Crippen LogP contribution in [0.15, 0.2) is 60.8 Å². The van der Waals surface area contributed by atoms with Crippen LogP contribution in [0, 0.1) is 0 Å². The van der Waals surface area contributed by atoms with Gasteiger partial charge in [0.2, 0.25) is 0 Å². The van der Waals surface area contributed by atoms with Crippen molar-refractivity contribution < 1.29 is 22.7 Å². The number of ether oxygens (including phenoxy) is 1. The molecule has 3 aromatic carbocycles. The lowest BCUT2D eigenvalue weighted by atomic mass is 10.0. The van der Waals surface area contributed by atoms with Gasteiger partial charge >= 0.3 is 12.3 Å². The molecule has 0 saturated carbocycles. The number of amides is 1. The number of halogens is 6. The molecule has 0 unspecified atom stereocenters. The first-order valence-corrected chi connectivity index (χ1v) is 12.6. The maximum Gasteiger partial charge on any atom is 0.416 e. The van der Waals surface area contributed by atoms with E-state index in [2.05, 4.69) is 0 Å². The zero-order chi connectivity index (χ0) is 26.9. The summed E-state index contributed by atoms with van der Waals surface area (Å²) in [5.41, 5.74) is 1.44. The fourth-order valence-corrected chi connectivity index (χ4v) is 4.87. The summed E-state index contributed by atoms with van der Waals surface area (Å²) >= 11 is 18.8. The lowest BCUT2D eigenvalue weighted by Gasteiger charge is -2.20. The van der Waals surface area contributed by atoms with Crippen LogP contribution in [0.4, 0.5) is 18.0 Å². The molecule has 0 N–H and O–H groups in total. The van der Waals surface area contributed by atoms with E-state index in [4.69, 9.17) is 39.5 Å². The smallest absolute Gasteiger partial charge is 0.410 e. The number of aromatic nitrogens is 1. The van der Waals surface area contributed by atoms with Gasteiger partial charge < -0.3 is 14.2 Å². The molecule has 0 radical (unpaired) electrons. The summed E-state index contributed by atoms with van der Waals surface area (Å²) in [4.78, 5) is 14.3. The van der Waals surface area contributed by atoms with Crippen molar-refractivity contribution in [2.24, 2.45) is 0 Å². The molecule has 0 aliphatic rings. The second-order valence-corrected chi connectivity index (χ2v) is 9.60. The lowest BCUT2D eigenvalue weighted by molar-refractivity contribution is -0.137. The summed E-state index contributed by atoms with van der Waals surface area (Å²) in [5.74, 6) is 0.303. The van der Waals surface area contributed by atoms with E-state index in [-0.39, 0.29) is 11.6 Å². The number of rotatable bonds is 6. The second kappa shape index (κ2) is 10.9. The molecule has 0 fully saturated rings. The molecule has 4 aromatic rings. The third kappa shape index (κ3) is 5.84. The van der Waals surface area contributed by atoms with Gasteiger partial charge in [-0.3, -0.25) is 0 Å². The summed E-state index contributed by atoms with van der Waals surface area (Å²) in [6.07, 6.45) is -3.25. The van der Waals surface area contributed by atoms with E-state index in [9.17, 15) is 18.0 Å². The maximum absolute atomic E-state index is 13.3. The van der Waals surface area contributed by atoms with E-state index in [1.54, 1.807) is 52.1 Å². The van der Waals surface area contributed by atoms with E-state index >= 15 is 0 Å². The number of carbonyl (C=O) groups excluding carboxylic acids is 1.